The molecule has 1 unspecified atom stereocenters. The number of nitrogens with zero attached hydrogens (tertiary/aromatic N) is 2. The van der Waals surface area contributed by atoms with Crippen molar-refractivity contribution in [3.05, 3.63) is 41.0 Å². The first-order valence-electron chi connectivity index (χ1n) is 15.0. The maximum Gasteiger partial charge on any atom is 0.185 e. The molecule has 6 atom stereocenters. The van der Waals surface area contributed by atoms with Crippen LogP contribution < -0.4 is 4.90 Å². The minimum Gasteiger partial charge on any atom is -0.399 e. The fourth-order valence-electron chi connectivity index (χ4n) is 9.17. The van der Waals surface area contributed by atoms with Crippen LogP contribution in [0.25, 0.3) is 0 Å². The van der Waals surface area contributed by atoms with E-state index in [9.17, 15) is 10.4 Å². The second-order valence-electron chi connectivity index (χ2n) is 14.3. The van der Waals surface area contributed by atoms with Gasteiger partial charge in [0, 0.05) is 37.5 Å². The first-order valence-corrected chi connectivity index (χ1v) is 18.4. The van der Waals surface area contributed by atoms with E-state index in [-0.39, 0.29) is 11.3 Å². The summed E-state index contributed by atoms with van der Waals surface area (Å²) in [5, 5.41) is 22.8. The number of hydrogen-bond acceptors (Lipinski definition) is 6. The molecule has 0 radical (unpaired) electrons. The molecule has 39 heavy (non-hydrogen) atoms. The molecular weight excluding hydrogens is 504 g/mol. The largest absolute Gasteiger partial charge is 0.399 e. The molecule has 1 heterocycles. The van der Waals surface area contributed by atoms with Crippen molar-refractivity contribution in [2.24, 2.45) is 17.3 Å². The summed E-state index contributed by atoms with van der Waals surface area (Å²) in [6.07, 6.45) is 6.69. The van der Waals surface area contributed by atoms with Crippen molar-refractivity contribution >= 4 is 14.0 Å². The molecular formula is C32H46N2O4Si. The van der Waals surface area contributed by atoms with Gasteiger partial charge in [0.15, 0.2) is 14.1 Å². The van der Waals surface area contributed by atoms with Gasteiger partial charge in [0.2, 0.25) is 0 Å². The predicted molar refractivity (Wildman–Crippen MR) is 155 cm³/mol. The third kappa shape index (κ3) is 4.16. The maximum absolute atomic E-state index is 12.2. The van der Waals surface area contributed by atoms with E-state index < -0.39 is 25.3 Å². The van der Waals surface area contributed by atoms with Gasteiger partial charge in [-0.15, -0.1) is 0 Å². The third-order valence-corrected chi connectivity index (χ3v) is 11.9. The number of anilines is 1. The number of hydrogen-bond donors (Lipinski definition) is 1. The number of benzene rings is 1. The molecule has 4 aliphatic carbocycles. The van der Waals surface area contributed by atoms with E-state index in [1.807, 2.05) is 0 Å². The lowest BCUT2D eigenvalue weighted by Crippen LogP contribution is -2.57. The summed E-state index contributed by atoms with van der Waals surface area (Å²) in [7, 11) is 2.22. The molecule has 0 bridgehead atoms. The van der Waals surface area contributed by atoms with Crippen molar-refractivity contribution in [3.63, 3.8) is 0 Å². The van der Waals surface area contributed by atoms with Crippen molar-refractivity contribution in [2.45, 2.75) is 101 Å². The highest BCUT2D eigenvalue weighted by molar-refractivity contribution is 6.69. The van der Waals surface area contributed by atoms with Crippen LogP contribution in [-0.2, 0) is 13.9 Å². The Morgan fingerprint density at radius 3 is 2.36 bits per heavy atom. The molecule has 5 aliphatic rings. The molecule has 3 saturated carbocycles. The maximum atomic E-state index is 12.2. The highest BCUT2D eigenvalue weighted by Crippen LogP contribution is 2.67. The lowest BCUT2D eigenvalue weighted by atomic mass is 9.52. The van der Waals surface area contributed by atoms with Crippen molar-refractivity contribution in [1.29, 1.82) is 5.26 Å². The Hall–Kier alpha value is -1.69. The Balaban J connectivity index is 1.38. The Morgan fingerprint density at radius 2 is 1.74 bits per heavy atom. The lowest BCUT2D eigenvalue weighted by Gasteiger charge is -2.56. The highest BCUT2D eigenvalue weighted by atomic mass is 28.4. The summed E-state index contributed by atoms with van der Waals surface area (Å²) in [6.45, 7) is 10.1. The van der Waals surface area contributed by atoms with Crippen molar-refractivity contribution in [2.75, 3.05) is 32.2 Å². The van der Waals surface area contributed by atoms with E-state index in [4.69, 9.17) is 13.9 Å². The van der Waals surface area contributed by atoms with E-state index in [0.29, 0.717) is 31.5 Å². The predicted octanol–water partition coefficient (Wildman–Crippen LogP) is 6.13. The average Bonchev–Trinajstić information content (AvgIpc) is 3.45. The minimum atomic E-state index is -1.90. The van der Waals surface area contributed by atoms with Gasteiger partial charge in [-0.25, -0.2) is 0 Å². The van der Waals surface area contributed by atoms with Crippen LogP contribution in [0.3, 0.4) is 0 Å². The molecule has 1 saturated heterocycles. The lowest BCUT2D eigenvalue weighted by molar-refractivity contribution is -0.220. The van der Waals surface area contributed by atoms with Gasteiger partial charge in [0.05, 0.1) is 24.9 Å². The van der Waals surface area contributed by atoms with E-state index in [1.165, 1.54) is 22.4 Å². The number of allylic oxidation sites excluding steroid dienone is 1. The molecule has 7 heteroatoms. The standard InChI is InChI=1S/C32H46N2O4Si/c1-29-14-11-25-24(26(29)13-16-31(29,21-33)38-39(4,5)6)12-15-30(35)20-32(36-17-18-37-32)27(19-28(25)30)22-7-9-23(10-8-22)34(2)3/h7-10,24,26-27,35H,11-20H2,1-6H3/t24-,26+,27?,29+,30-,31+/m1/s1. The molecule has 4 fully saturated rings. The molecule has 1 aromatic rings. The van der Waals surface area contributed by atoms with Gasteiger partial charge in [-0.1, -0.05) is 24.6 Å². The highest BCUT2D eigenvalue weighted by Gasteiger charge is 2.65. The smallest absolute Gasteiger partial charge is 0.185 e. The van der Waals surface area contributed by atoms with E-state index in [2.05, 4.69) is 75.9 Å². The first kappa shape index (κ1) is 27.5. The zero-order valence-electron chi connectivity index (χ0n) is 24.7. The van der Waals surface area contributed by atoms with Gasteiger partial charge >= 0.3 is 0 Å². The van der Waals surface area contributed by atoms with Crippen LogP contribution in [0.2, 0.25) is 19.6 Å². The van der Waals surface area contributed by atoms with Crippen LogP contribution in [0, 0.1) is 28.6 Å². The van der Waals surface area contributed by atoms with Crippen LogP contribution in [0.4, 0.5) is 5.69 Å². The quantitative estimate of drug-likeness (QED) is 0.359. The van der Waals surface area contributed by atoms with Crippen LogP contribution in [0.15, 0.2) is 35.4 Å². The number of fused-ring (bicyclic) bond motifs is 4. The number of rotatable bonds is 4. The van der Waals surface area contributed by atoms with Crippen LogP contribution >= 0.6 is 0 Å². The van der Waals surface area contributed by atoms with Crippen LogP contribution in [-0.4, -0.2) is 57.7 Å². The first-order chi connectivity index (χ1) is 18.4. The Morgan fingerprint density at radius 1 is 1.05 bits per heavy atom. The fraction of sp³-hybridized carbons (Fsp3) is 0.719. The van der Waals surface area contributed by atoms with Crippen molar-refractivity contribution < 1.29 is 19.0 Å². The molecule has 1 N–H and O–H groups in total. The second-order valence-corrected chi connectivity index (χ2v) is 18.8. The summed E-state index contributed by atoms with van der Waals surface area (Å²) in [5.74, 6) is 0.101. The van der Waals surface area contributed by atoms with Gasteiger partial charge in [-0.2, -0.15) is 5.26 Å². The topological polar surface area (TPSA) is 75.0 Å². The molecule has 1 aromatic carbocycles. The average molecular weight is 551 g/mol. The number of ether oxygens (including phenoxy) is 2. The molecule has 0 aromatic heterocycles. The monoisotopic (exact) mass is 550 g/mol. The summed E-state index contributed by atoms with van der Waals surface area (Å²) >= 11 is 0. The molecule has 0 amide bonds. The SMILES string of the molecule is CN(C)c1ccc(C2CC3=C4CC[C@@]5(C)[C@@H](CC[C@@]5(C#N)O[Si](C)(C)C)[C@@H]4CC[C@@]3(O)CC23OCCO3)cc1. The normalized spacial score (nSPS) is 39.2. The van der Waals surface area contributed by atoms with Gasteiger partial charge in [-0.3, -0.25) is 0 Å². The summed E-state index contributed by atoms with van der Waals surface area (Å²) in [5.41, 5.74) is 3.37. The third-order valence-electron chi connectivity index (χ3n) is 10.9. The van der Waals surface area contributed by atoms with Crippen molar-refractivity contribution in [1.82, 2.24) is 0 Å². The zero-order chi connectivity index (χ0) is 27.8. The molecule has 1 spiro atoms. The fourth-order valence-corrected chi connectivity index (χ4v) is 10.6. The molecule has 1 aliphatic heterocycles. The second kappa shape index (κ2) is 9.16. The van der Waals surface area contributed by atoms with E-state index in [1.54, 1.807) is 0 Å². The van der Waals surface area contributed by atoms with Gasteiger partial charge in [0.1, 0.15) is 5.60 Å². The Kier molecular flexibility index (Phi) is 6.45. The molecule has 6 nitrogen and oxygen atoms in total. The van der Waals surface area contributed by atoms with Crippen LogP contribution in [0.5, 0.6) is 0 Å². The summed E-state index contributed by atoms with van der Waals surface area (Å²) in [6, 6.07) is 11.5. The minimum absolute atomic E-state index is 0.0445. The van der Waals surface area contributed by atoms with Gasteiger partial charge < -0.3 is 23.9 Å². The van der Waals surface area contributed by atoms with Gasteiger partial charge in [0.25, 0.3) is 0 Å². The molecule has 212 valence electrons. The number of aliphatic hydroxyl groups is 1. The summed E-state index contributed by atoms with van der Waals surface area (Å²) in [4.78, 5) is 2.12. The van der Waals surface area contributed by atoms with Gasteiger partial charge in [-0.05, 0) is 99.7 Å². The van der Waals surface area contributed by atoms with Crippen LogP contribution in [0.1, 0.15) is 69.8 Å². The van der Waals surface area contributed by atoms with Crippen molar-refractivity contribution in [3.8, 4) is 6.07 Å². The van der Waals surface area contributed by atoms with E-state index >= 15 is 0 Å². The summed E-state index contributed by atoms with van der Waals surface area (Å²) < 4.78 is 19.5. The Bertz CT molecular complexity index is 1190. The zero-order valence-corrected chi connectivity index (χ0v) is 25.7. The molecule has 6 rings (SSSR count). The Labute approximate surface area is 235 Å². The van der Waals surface area contributed by atoms with E-state index in [0.717, 1.165) is 44.9 Å². The number of nitriles is 1.